The maximum atomic E-state index is 2.60. The molecule has 2 heterocycles. The van der Waals surface area contributed by atoms with Crippen LogP contribution in [-0.4, -0.2) is 31.1 Å². The summed E-state index contributed by atoms with van der Waals surface area (Å²) in [5.74, 6) is 0. The molecular formula is C19H22N2S. The standard InChI is InChI=1S/C19H22N2S/c1-14-7-5-10-17-19(14)22-18-11-4-3-9-16(18)21(17)15-8-6-12-20(2)13-15/h3-5,7,9-11,15H,6,8,12-13H2,1-2H3. The Balaban J connectivity index is 1.84. The van der Waals surface area contributed by atoms with Crippen LogP contribution in [0.5, 0.6) is 0 Å². The van der Waals surface area contributed by atoms with Gasteiger partial charge in [-0.3, -0.25) is 0 Å². The quantitative estimate of drug-likeness (QED) is 0.754. The summed E-state index contributed by atoms with van der Waals surface area (Å²) in [4.78, 5) is 7.88. The number of hydrogen-bond acceptors (Lipinski definition) is 3. The minimum atomic E-state index is 0.571. The average Bonchev–Trinajstić information content (AvgIpc) is 2.53. The molecule has 0 bridgehead atoms. The molecule has 0 aliphatic carbocycles. The van der Waals surface area contributed by atoms with Crippen LogP contribution >= 0.6 is 11.8 Å². The third-order valence-electron chi connectivity index (χ3n) is 4.75. The molecule has 0 saturated carbocycles. The van der Waals surface area contributed by atoms with Crippen molar-refractivity contribution >= 4 is 23.1 Å². The molecule has 2 nitrogen and oxygen atoms in total. The van der Waals surface area contributed by atoms with Crippen molar-refractivity contribution in [2.24, 2.45) is 0 Å². The summed E-state index contributed by atoms with van der Waals surface area (Å²) < 4.78 is 0. The first-order chi connectivity index (χ1) is 10.7. The largest absolute Gasteiger partial charge is 0.335 e. The smallest absolute Gasteiger partial charge is 0.0558 e. The molecule has 1 fully saturated rings. The second-order valence-corrected chi connectivity index (χ2v) is 7.47. The Labute approximate surface area is 137 Å². The van der Waals surface area contributed by atoms with Gasteiger partial charge in [0.15, 0.2) is 0 Å². The van der Waals surface area contributed by atoms with E-state index in [9.17, 15) is 0 Å². The number of likely N-dealkylation sites (tertiary alicyclic amines) is 1. The van der Waals surface area contributed by atoms with Crippen molar-refractivity contribution in [2.45, 2.75) is 35.6 Å². The number of benzene rings is 2. The number of hydrogen-bond donors (Lipinski definition) is 0. The van der Waals surface area contributed by atoms with Crippen LogP contribution in [0.25, 0.3) is 0 Å². The van der Waals surface area contributed by atoms with Gasteiger partial charge in [-0.05, 0) is 57.1 Å². The summed E-state index contributed by atoms with van der Waals surface area (Å²) in [5, 5.41) is 0. The lowest BCUT2D eigenvalue weighted by Crippen LogP contribution is -2.45. The minimum absolute atomic E-state index is 0.571. The second kappa shape index (κ2) is 5.64. The van der Waals surface area contributed by atoms with Gasteiger partial charge in [-0.25, -0.2) is 0 Å². The van der Waals surface area contributed by atoms with Crippen molar-refractivity contribution in [1.82, 2.24) is 4.90 Å². The van der Waals surface area contributed by atoms with E-state index in [2.05, 4.69) is 66.2 Å². The van der Waals surface area contributed by atoms with E-state index in [1.165, 1.54) is 46.1 Å². The van der Waals surface area contributed by atoms with E-state index in [1.807, 2.05) is 11.8 Å². The fourth-order valence-electron chi connectivity index (χ4n) is 3.68. The first-order valence-electron chi connectivity index (χ1n) is 8.08. The number of rotatable bonds is 1. The molecule has 2 aliphatic rings. The van der Waals surface area contributed by atoms with Crippen LogP contribution in [0.15, 0.2) is 52.3 Å². The summed E-state index contributed by atoms with van der Waals surface area (Å²) in [7, 11) is 2.24. The Morgan fingerprint density at radius 3 is 2.73 bits per heavy atom. The van der Waals surface area contributed by atoms with Gasteiger partial charge in [0.1, 0.15) is 0 Å². The van der Waals surface area contributed by atoms with Crippen molar-refractivity contribution in [1.29, 1.82) is 0 Å². The van der Waals surface area contributed by atoms with E-state index < -0.39 is 0 Å². The van der Waals surface area contributed by atoms with Gasteiger partial charge in [-0.2, -0.15) is 0 Å². The van der Waals surface area contributed by atoms with Crippen molar-refractivity contribution in [2.75, 3.05) is 25.0 Å². The number of para-hydroxylation sites is 1. The van der Waals surface area contributed by atoms with Gasteiger partial charge in [0.05, 0.1) is 11.4 Å². The highest BCUT2D eigenvalue weighted by molar-refractivity contribution is 7.99. The number of nitrogens with zero attached hydrogens (tertiary/aromatic N) is 2. The number of anilines is 2. The summed E-state index contributed by atoms with van der Waals surface area (Å²) in [6, 6.07) is 16.1. The topological polar surface area (TPSA) is 6.48 Å². The van der Waals surface area contributed by atoms with Crippen molar-refractivity contribution in [3.8, 4) is 0 Å². The third-order valence-corrected chi connectivity index (χ3v) is 6.05. The predicted octanol–water partition coefficient (Wildman–Crippen LogP) is 4.69. The molecular weight excluding hydrogens is 288 g/mol. The number of piperidine rings is 1. The summed E-state index contributed by atoms with van der Waals surface area (Å²) in [6.07, 6.45) is 2.56. The molecule has 1 unspecified atom stereocenters. The number of aryl methyl sites for hydroxylation is 1. The predicted molar refractivity (Wildman–Crippen MR) is 94.4 cm³/mol. The molecule has 1 atom stereocenters. The zero-order valence-electron chi connectivity index (χ0n) is 13.2. The molecule has 22 heavy (non-hydrogen) atoms. The van der Waals surface area contributed by atoms with E-state index >= 15 is 0 Å². The summed E-state index contributed by atoms with van der Waals surface area (Å²) in [5.41, 5.74) is 4.15. The van der Waals surface area contributed by atoms with E-state index in [0.29, 0.717) is 6.04 Å². The Kier molecular flexibility index (Phi) is 3.63. The first kappa shape index (κ1) is 14.2. The van der Waals surface area contributed by atoms with Gasteiger partial charge < -0.3 is 9.80 Å². The first-order valence-corrected chi connectivity index (χ1v) is 8.90. The Morgan fingerprint density at radius 1 is 1.05 bits per heavy atom. The Bertz CT molecular complexity index is 698. The van der Waals surface area contributed by atoms with E-state index in [-0.39, 0.29) is 0 Å². The molecule has 1 saturated heterocycles. The van der Waals surface area contributed by atoms with Gasteiger partial charge in [0.2, 0.25) is 0 Å². The Hall–Kier alpha value is -1.45. The Morgan fingerprint density at radius 2 is 1.86 bits per heavy atom. The molecule has 114 valence electrons. The SMILES string of the molecule is Cc1cccc2c1Sc1ccccc1N2C1CCCN(C)C1. The van der Waals surface area contributed by atoms with E-state index in [0.717, 1.165) is 6.54 Å². The van der Waals surface area contributed by atoms with Crippen LogP contribution in [-0.2, 0) is 0 Å². The molecule has 2 aromatic carbocycles. The lowest BCUT2D eigenvalue weighted by molar-refractivity contribution is 0.250. The maximum Gasteiger partial charge on any atom is 0.0558 e. The molecule has 4 rings (SSSR count). The zero-order valence-corrected chi connectivity index (χ0v) is 14.1. The van der Waals surface area contributed by atoms with Gasteiger partial charge in [-0.1, -0.05) is 36.0 Å². The van der Waals surface area contributed by atoms with Crippen LogP contribution < -0.4 is 4.90 Å². The fraction of sp³-hybridized carbons (Fsp3) is 0.368. The highest BCUT2D eigenvalue weighted by Crippen LogP contribution is 2.50. The van der Waals surface area contributed by atoms with Gasteiger partial charge >= 0.3 is 0 Å². The molecule has 0 aromatic heterocycles. The van der Waals surface area contributed by atoms with Gasteiger partial charge in [0, 0.05) is 22.4 Å². The van der Waals surface area contributed by atoms with Crippen molar-refractivity contribution in [3.05, 3.63) is 48.0 Å². The average molecular weight is 310 g/mol. The van der Waals surface area contributed by atoms with Crippen LogP contribution in [0.4, 0.5) is 11.4 Å². The molecule has 3 heteroatoms. The van der Waals surface area contributed by atoms with Gasteiger partial charge in [0.25, 0.3) is 0 Å². The monoisotopic (exact) mass is 310 g/mol. The van der Waals surface area contributed by atoms with Crippen molar-refractivity contribution < 1.29 is 0 Å². The zero-order chi connectivity index (χ0) is 15.1. The highest BCUT2D eigenvalue weighted by Gasteiger charge is 2.31. The third kappa shape index (κ3) is 2.33. The molecule has 2 aromatic rings. The van der Waals surface area contributed by atoms with Crippen LogP contribution in [0.3, 0.4) is 0 Å². The molecule has 0 amide bonds. The summed E-state index contributed by atoms with van der Waals surface area (Å²) in [6.45, 7) is 4.60. The van der Waals surface area contributed by atoms with E-state index in [1.54, 1.807) is 0 Å². The second-order valence-electron chi connectivity index (χ2n) is 6.42. The molecule has 2 aliphatic heterocycles. The van der Waals surface area contributed by atoms with Crippen LogP contribution in [0.1, 0.15) is 18.4 Å². The highest BCUT2D eigenvalue weighted by atomic mass is 32.2. The van der Waals surface area contributed by atoms with Crippen molar-refractivity contribution in [3.63, 3.8) is 0 Å². The lowest BCUT2D eigenvalue weighted by atomic mass is 10.0. The number of likely N-dealkylation sites (N-methyl/N-ethyl adjacent to an activating group) is 1. The molecule has 0 spiro atoms. The van der Waals surface area contributed by atoms with Gasteiger partial charge in [-0.15, -0.1) is 0 Å². The minimum Gasteiger partial charge on any atom is -0.335 e. The fourth-order valence-corrected chi connectivity index (χ4v) is 4.82. The normalized spacial score (nSPS) is 21.4. The molecule has 0 N–H and O–H groups in total. The van der Waals surface area contributed by atoms with E-state index in [4.69, 9.17) is 0 Å². The number of fused-ring (bicyclic) bond motifs is 2. The van der Waals surface area contributed by atoms with Crippen LogP contribution in [0, 0.1) is 6.92 Å². The summed E-state index contributed by atoms with van der Waals surface area (Å²) >= 11 is 1.92. The van der Waals surface area contributed by atoms with Crippen LogP contribution in [0.2, 0.25) is 0 Å². The lowest BCUT2D eigenvalue weighted by Gasteiger charge is -2.43. The maximum absolute atomic E-state index is 2.60. The molecule has 0 radical (unpaired) electrons.